The van der Waals surface area contributed by atoms with E-state index >= 15 is 0 Å². The number of nitrogens with one attached hydrogen (secondary N) is 2. The quantitative estimate of drug-likeness (QED) is 0.682. The number of para-hydroxylation sites is 1. The van der Waals surface area contributed by atoms with Gasteiger partial charge in [-0.05, 0) is 49.4 Å². The van der Waals surface area contributed by atoms with Crippen molar-refractivity contribution in [3.8, 4) is 5.69 Å². The Morgan fingerprint density at radius 1 is 1.15 bits per heavy atom. The molecule has 1 heterocycles. The predicted octanol–water partition coefficient (Wildman–Crippen LogP) is 2.27. The molecule has 3 aromatic rings. The minimum Gasteiger partial charge on any atom is -0.326 e. The molecule has 140 valence electrons. The molecule has 0 aliphatic heterocycles. The molecule has 27 heavy (non-hydrogen) atoms. The van der Waals surface area contributed by atoms with E-state index in [4.69, 9.17) is 0 Å². The van der Waals surface area contributed by atoms with Gasteiger partial charge in [0.1, 0.15) is 0 Å². The molecule has 0 saturated carbocycles. The van der Waals surface area contributed by atoms with Crippen LogP contribution in [0, 0.1) is 6.92 Å². The molecule has 0 fully saturated rings. The Morgan fingerprint density at radius 3 is 2.59 bits per heavy atom. The lowest BCUT2D eigenvalue weighted by Gasteiger charge is -2.10. The maximum absolute atomic E-state index is 12.3. The summed E-state index contributed by atoms with van der Waals surface area (Å²) >= 11 is 0. The second-order valence-corrected chi connectivity index (χ2v) is 7.90. The number of rotatable bonds is 6. The zero-order chi connectivity index (χ0) is 19.4. The van der Waals surface area contributed by atoms with Gasteiger partial charge < -0.3 is 5.32 Å². The van der Waals surface area contributed by atoms with Gasteiger partial charge in [-0.3, -0.25) is 4.79 Å². The van der Waals surface area contributed by atoms with Crippen LogP contribution in [0.2, 0.25) is 0 Å². The van der Waals surface area contributed by atoms with E-state index in [-0.39, 0.29) is 17.2 Å². The van der Waals surface area contributed by atoms with Crippen LogP contribution in [0.1, 0.15) is 11.1 Å². The summed E-state index contributed by atoms with van der Waals surface area (Å²) in [5, 5.41) is 7.00. The predicted molar refractivity (Wildman–Crippen MR) is 103 cm³/mol. The Hall–Kier alpha value is -2.97. The largest absolute Gasteiger partial charge is 0.326 e. The molecular formula is C19H20N4O3S. The van der Waals surface area contributed by atoms with E-state index in [1.165, 1.54) is 13.1 Å². The van der Waals surface area contributed by atoms with Crippen LogP contribution in [-0.4, -0.2) is 31.2 Å². The van der Waals surface area contributed by atoms with Gasteiger partial charge in [0.25, 0.3) is 0 Å². The zero-order valence-electron chi connectivity index (χ0n) is 15.0. The average molecular weight is 384 g/mol. The molecule has 0 bridgehead atoms. The summed E-state index contributed by atoms with van der Waals surface area (Å²) < 4.78 is 28.1. The molecule has 0 spiro atoms. The summed E-state index contributed by atoms with van der Waals surface area (Å²) in [5.41, 5.74) is 2.69. The van der Waals surface area contributed by atoms with Crippen LogP contribution in [0.5, 0.6) is 0 Å². The van der Waals surface area contributed by atoms with Crippen molar-refractivity contribution >= 4 is 21.6 Å². The first-order valence-electron chi connectivity index (χ1n) is 8.32. The van der Waals surface area contributed by atoms with Crippen LogP contribution < -0.4 is 10.0 Å². The summed E-state index contributed by atoms with van der Waals surface area (Å²) in [6, 6.07) is 14.4. The first-order valence-corrected chi connectivity index (χ1v) is 9.80. The fraction of sp³-hybridized carbons (Fsp3) is 0.158. The molecule has 2 N–H and O–H groups in total. The van der Waals surface area contributed by atoms with Gasteiger partial charge in [0.2, 0.25) is 15.9 Å². The smallest absolute Gasteiger partial charge is 0.240 e. The van der Waals surface area contributed by atoms with Gasteiger partial charge in [0.05, 0.1) is 23.2 Å². The van der Waals surface area contributed by atoms with Gasteiger partial charge >= 0.3 is 0 Å². The van der Waals surface area contributed by atoms with E-state index in [1.54, 1.807) is 36.1 Å². The number of hydrogen-bond acceptors (Lipinski definition) is 4. The highest BCUT2D eigenvalue weighted by molar-refractivity contribution is 7.89. The molecule has 0 atom stereocenters. The summed E-state index contributed by atoms with van der Waals surface area (Å²) in [6.07, 6.45) is 3.56. The second-order valence-electron chi connectivity index (χ2n) is 6.04. The van der Waals surface area contributed by atoms with Crippen molar-refractivity contribution in [3.05, 3.63) is 72.1 Å². The van der Waals surface area contributed by atoms with Gasteiger partial charge in [-0.25, -0.2) is 17.8 Å². The minimum atomic E-state index is -3.59. The van der Waals surface area contributed by atoms with Crippen LogP contribution >= 0.6 is 0 Å². The van der Waals surface area contributed by atoms with Crippen molar-refractivity contribution in [2.75, 3.05) is 12.4 Å². The molecule has 7 nitrogen and oxygen atoms in total. The van der Waals surface area contributed by atoms with Crippen molar-refractivity contribution in [3.63, 3.8) is 0 Å². The highest BCUT2D eigenvalue weighted by Crippen LogP contribution is 2.20. The molecule has 0 saturated heterocycles. The van der Waals surface area contributed by atoms with E-state index in [9.17, 15) is 13.2 Å². The fourth-order valence-corrected chi connectivity index (χ4v) is 3.64. The molecule has 0 radical (unpaired) electrons. The third kappa shape index (κ3) is 4.42. The Kier molecular flexibility index (Phi) is 5.38. The average Bonchev–Trinajstić information content (AvgIpc) is 3.12. The Labute approximate surface area is 158 Å². The van der Waals surface area contributed by atoms with Gasteiger partial charge in [-0.2, -0.15) is 5.10 Å². The van der Waals surface area contributed by atoms with E-state index in [0.717, 1.165) is 11.3 Å². The molecule has 0 unspecified atom stereocenters. The van der Waals surface area contributed by atoms with Crippen molar-refractivity contribution in [1.82, 2.24) is 14.5 Å². The number of hydrogen-bond donors (Lipinski definition) is 2. The zero-order valence-corrected chi connectivity index (χ0v) is 15.8. The van der Waals surface area contributed by atoms with Crippen molar-refractivity contribution in [2.45, 2.75) is 18.2 Å². The molecule has 2 aromatic carbocycles. The first-order chi connectivity index (χ1) is 12.9. The van der Waals surface area contributed by atoms with Crippen LogP contribution in [0.3, 0.4) is 0 Å². The molecule has 1 aromatic heterocycles. The number of aryl methyl sites for hydroxylation is 1. The van der Waals surface area contributed by atoms with Gasteiger partial charge in [-0.1, -0.05) is 24.3 Å². The van der Waals surface area contributed by atoms with E-state index in [0.29, 0.717) is 11.3 Å². The Balaban J connectivity index is 1.72. The van der Waals surface area contributed by atoms with Crippen molar-refractivity contribution in [2.24, 2.45) is 0 Å². The number of anilines is 1. The number of sulfonamides is 1. The lowest BCUT2D eigenvalue weighted by atomic mass is 10.2. The normalized spacial score (nSPS) is 11.3. The number of carbonyl (C=O) groups is 1. The van der Waals surface area contributed by atoms with Gasteiger partial charge in [0.15, 0.2) is 0 Å². The van der Waals surface area contributed by atoms with Crippen LogP contribution in [-0.2, 0) is 21.2 Å². The van der Waals surface area contributed by atoms with E-state index < -0.39 is 10.0 Å². The topological polar surface area (TPSA) is 93.1 Å². The highest BCUT2D eigenvalue weighted by atomic mass is 32.2. The van der Waals surface area contributed by atoms with Crippen LogP contribution in [0.4, 0.5) is 5.69 Å². The summed E-state index contributed by atoms with van der Waals surface area (Å²) in [4.78, 5) is 12.5. The lowest BCUT2D eigenvalue weighted by Crippen LogP contribution is -2.20. The Bertz CT molecular complexity index is 1060. The van der Waals surface area contributed by atoms with Crippen LogP contribution in [0.15, 0.2) is 65.8 Å². The van der Waals surface area contributed by atoms with Gasteiger partial charge in [-0.15, -0.1) is 0 Å². The third-order valence-electron chi connectivity index (χ3n) is 4.05. The molecule has 8 heteroatoms. The number of amides is 1. The maximum atomic E-state index is 12.3. The number of nitrogens with zero attached hydrogens (tertiary/aromatic N) is 2. The van der Waals surface area contributed by atoms with Crippen LogP contribution in [0.25, 0.3) is 5.69 Å². The number of aromatic nitrogens is 2. The monoisotopic (exact) mass is 384 g/mol. The highest BCUT2D eigenvalue weighted by Gasteiger charge is 2.16. The minimum absolute atomic E-state index is 0.134. The lowest BCUT2D eigenvalue weighted by molar-refractivity contribution is -0.115. The van der Waals surface area contributed by atoms with Crippen molar-refractivity contribution in [1.29, 1.82) is 0 Å². The van der Waals surface area contributed by atoms with Crippen molar-refractivity contribution < 1.29 is 13.2 Å². The SMILES string of the molecule is CNS(=O)(=O)c1cc(NC(=O)Cc2cnn(-c3ccccc3)c2)ccc1C. The molecule has 3 rings (SSSR count). The molecule has 1 amide bonds. The fourth-order valence-electron chi connectivity index (χ4n) is 2.64. The Morgan fingerprint density at radius 2 is 1.89 bits per heavy atom. The van der Waals surface area contributed by atoms with E-state index in [2.05, 4.69) is 15.1 Å². The summed E-state index contributed by atoms with van der Waals surface area (Å²) in [6.45, 7) is 1.70. The standard InChI is InChI=1S/C19H20N4O3S/c1-14-8-9-16(11-18(14)27(25,26)20-2)22-19(24)10-15-12-21-23(13-15)17-6-4-3-5-7-17/h3-9,11-13,20H,10H2,1-2H3,(H,22,24). The first kappa shape index (κ1) is 18.8. The molecule has 0 aliphatic carbocycles. The van der Waals surface area contributed by atoms with E-state index in [1.807, 2.05) is 30.3 Å². The third-order valence-corrected chi connectivity index (χ3v) is 5.61. The maximum Gasteiger partial charge on any atom is 0.240 e. The second kappa shape index (κ2) is 7.73. The number of benzene rings is 2. The van der Waals surface area contributed by atoms with Gasteiger partial charge in [0, 0.05) is 11.9 Å². The summed E-state index contributed by atoms with van der Waals surface area (Å²) in [7, 11) is -2.24. The summed E-state index contributed by atoms with van der Waals surface area (Å²) in [5.74, 6) is -0.251. The molecular weight excluding hydrogens is 364 g/mol. The molecule has 0 aliphatic rings. The number of carbonyl (C=O) groups excluding carboxylic acids is 1.